The van der Waals surface area contributed by atoms with E-state index in [1.807, 2.05) is 0 Å². The van der Waals surface area contributed by atoms with Gasteiger partial charge in [0.1, 0.15) is 6.33 Å². The molecule has 74 valence electrons. The third kappa shape index (κ3) is 3.91. The predicted molar refractivity (Wildman–Crippen MR) is 49.6 cm³/mol. The molecular formula is C5H10N3O3PS. The van der Waals surface area contributed by atoms with Crippen molar-refractivity contribution in [3.63, 3.8) is 0 Å². The second kappa shape index (κ2) is 4.23. The Kier molecular flexibility index (Phi) is 3.49. The SMILES string of the molecule is O=P(O)(O)CCC(S)c1nc[nH]n1. The Bertz CT molecular complexity index is 298. The van der Waals surface area contributed by atoms with Gasteiger partial charge in [-0.2, -0.15) is 17.7 Å². The lowest BCUT2D eigenvalue weighted by Crippen LogP contribution is -1.98. The van der Waals surface area contributed by atoms with Crippen LogP contribution in [0.5, 0.6) is 0 Å². The first-order valence-electron chi connectivity index (χ1n) is 3.57. The number of hydrogen-bond donors (Lipinski definition) is 4. The van der Waals surface area contributed by atoms with Crippen LogP contribution < -0.4 is 0 Å². The smallest absolute Gasteiger partial charge is 0.324 e. The molecule has 0 bridgehead atoms. The lowest BCUT2D eigenvalue weighted by molar-refractivity contribution is 0.371. The summed E-state index contributed by atoms with van der Waals surface area (Å²) in [6.45, 7) is 0. The maximum atomic E-state index is 10.5. The Balaban J connectivity index is 2.43. The van der Waals surface area contributed by atoms with Crippen LogP contribution in [0.2, 0.25) is 0 Å². The van der Waals surface area contributed by atoms with Crippen molar-refractivity contribution >= 4 is 20.2 Å². The summed E-state index contributed by atoms with van der Waals surface area (Å²) in [5.41, 5.74) is 0. The molecule has 1 atom stereocenters. The Morgan fingerprint density at radius 2 is 2.38 bits per heavy atom. The van der Waals surface area contributed by atoms with Gasteiger partial charge in [0.2, 0.25) is 0 Å². The summed E-state index contributed by atoms with van der Waals surface area (Å²) in [6.07, 6.45) is 1.46. The van der Waals surface area contributed by atoms with Crippen molar-refractivity contribution in [3.05, 3.63) is 12.2 Å². The van der Waals surface area contributed by atoms with Crippen LogP contribution in [0.3, 0.4) is 0 Å². The zero-order valence-corrected chi connectivity index (χ0v) is 8.45. The summed E-state index contributed by atoms with van der Waals surface area (Å²) in [6, 6.07) is 0. The molecule has 0 saturated carbocycles. The van der Waals surface area contributed by atoms with Gasteiger partial charge in [-0.15, -0.1) is 0 Å². The van der Waals surface area contributed by atoms with E-state index in [1.54, 1.807) is 0 Å². The minimum Gasteiger partial charge on any atom is -0.324 e. The van der Waals surface area contributed by atoms with Crippen LogP contribution >= 0.6 is 20.2 Å². The highest BCUT2D eigenvalue weighted by molar-refractivity contribution is 7.80. The largest absolute Gasteiger partial charge is 0.325 e. The fourth-order valence-corrected chi connectivity index (χ4v) is 1.85. The van der Waals surface area contributed by atoms with Crippen molar-refractivity contribution in [3.8, 4) is 0 Å². The lowest BCUT2D eigenvalue weighted by Gasteiger charge is -2.06. The number of nitrogens with one attached hydrogen (secondary N) is 1. The van der Waals surface area contributed by atoms with Gasteiger partial charge in [0.05, 0.1) is 11.4 Å². The molecule has 0 aliphatic carbocycles. The average molecular weight is 223 g/mol. The summed E-state index contributed by atoms with van der Waals surface area (Å²) in [5.74, 6) is 0.455. The summed E-state index contributed by atoms with van der Waals surface area (Å²) >= 11 is 4.11. The normalized spacial score (nSPS) is 14.4. The monoisotopic (exact) mass is 223 g/mol. The maximum absolute atomic E-state index is 10.5. The van der Waals surface area contributed by atoms with Crippen LogP contribution in [0, 0.1) is 0 Å². The highest BCUT2D eigenvalue weighted by Gasteiger charge is 2.18. The van der Waals surface area contributed by atoms with Gasteiger partial charge >= 0.3 is 7.60 Å². The Morgan fingerprint density at radius 1 is 1.69 bits per heavy atom. The van der Waals surface area contributed by atoms with Crippen LogP contribution in [0.25, 0.3) is 0 Å². The molecule has 0 saturated heterocycles. The molecule has 3 N–H and O–H groups in total. The first kappa shape index (κ1) is 10.7. The van der Waals surface area contributed by atoms with E-state index in [9.17, 15) is 4.57 Å². The minimum atomic E-state index is -3.94. The van der Waals surface area contributed by atoms with Gasteiger partial charge in [-0.3, -0.25) is 9.66 Å². The quantitative estimate of drug-likeness (QED) is 0.436. The molecule has 0 amide bonds. The Morgan fingerprint density at radius 3 is 2.85 bits per heavy atom. The van der Waals surface area contributed by atoms with Gasteiger partial charge in [-0.05, 0) is 6.42 Å². The number of aromatic amines is 1. The zero-order valence-electron chi connectivity index (χ0n) is 6.66. The number of H-pyrrole nitrogens is 1. The van der Waals surface area contributed by atoms with Crippen LogP contribution in [-0.2, 0) is 4.57 Å². The number of thiol groups is 1. The molecule has 0 spiro atoms. The van der Waals surface area contributed by atoms with E-state index in [0.29, 0.717) is 5.82 Å². The third-order valence-electron chi connectivity index (χ3n) is 1.43. The average Bonchev–Trinajstić information content (AvgIpc) is 2.50. The first-order chi connectivity index (χ1) is 5.99. The van der Waals surface area contributed by atoms with E-state index < -0.39 is 7.60 Å². The molecule has 1 aromatic heterocycles. The fraction of sp³-hybridized carbons (Fsp3) is 0.600. The van der Waals surface area contributed by atoms with Gasteiger partial charge in [-0.1, -0.05) is 0 Å². The summed E-state index contributed by atoms with van der Waals surface area (Å²) in [4.78, 5) is 21.0. The molecule has 0 aliphatic rings. The van der Waals surface area contributed by atoms with Crippen molar-refractivity contribution in [1.82, 2.24) is 15.2 Å². The number of rotatable bonds is 4. The van der Waals surface area contributed by atoms with Crippen molar-refractivity contribution in [2.24, 2.45) is 0 Å². The van der Waals surface area contributed by atoms with E-state index in [2.05, 4.69) is 27.8 Å². The van der Waals surface area contributed by atoms with E-state index in [4.69, 9.17) is 9.79 Å². The standard InChI is InChI=1S/C5H10N3O3PS/c9-12(10,11)2-1-4(13)5-6-3-7-8-5/h3-4,13H,1-2H2,(H,6,7,8)(H2,9,10,11). The first-order valence-corrected chi connectivity index (χ1v) is 5.89. The number of hydrogen-bond acceptors (Lipinski definition) is 4. The van der Waals surface area contributed by atoms with Crippen molar-refractivity contribution < 1.29 is 14.4 Å². The van der Waals surface area contributed by atoms with Crippen LogP contribution in [0.4, 0.5) is 0 Å². The zero-order chi connectivity index (χ0) is 9.90. The molecule has 0 aliphatic heterocycles. The third-order valence-corrected chi connectivity index (χ3v) is 2.76. The van der Waals surface area contributed by atoms with Crippen LogP contribution in [-0.4, -0.2) is 31.1 Å². The molecule has 13 heavy (non-hydrogen) atoms. The predicted octanol–water partition coefficient (Wildman–Crippen LogP) is 0.343. The number of aromatic nitrogens is 3. The number of nitrogens with zero attached hydrogens (tertiary/aromatic N) is 2. The highest BCUT2D eigenvalue weighted by atomic mass is 32.1. The van der Waals surface area contributed by atoms with Gasteiger partial charge in [-0.25, -0.2) is 4.98 Å². The molecular weight excluding hydrogens is 213 g/mol. The second-order valence-electron chi connectivity index (χ2n) is 2.55. The molecule has 1 rings (SSSR count). The van der Waals surface area contributed by atoms with Gasteiger partial charge < -0.3 is 9.79 Å². The van der Waals surface area contributed by atoms with Gasteiger partial charge in [0.15, 0.2) is 5.82 Å². The molecule has 1 heterocycles. The van der Waals surface area contributed by atoms with Gasteiger partial charge in [0, 0.05) is 0 Å². The summed E-state index contributed by atoms with van der Waals surface area (Å²) in [7, 11) is -3.94. The highest BCUT2D eigenvalue weighted by Crippen LogP contribution is 2.38. The lowest BCUT2D eigenvalue weighted by atomic mass is 10.3. The Hall–Kier alpha value is -0.360. The van der Waals surface area contributed by atoms with Crippen molar-refractivity contribution in [2.75, 3.05) is 6.16 Å². The van der Waals surface area contributed by atoms with Crippen molar-refractivity contribution in [2.45, 2.75) is 11.7 Å². The van der Waals surface area contributed by atoms with E-state index in [-0.39, 0.29) is 17.8 Å². The van der Waals surface area contributed by atoms with Crippen molar-refractivity contribution in [1.29, 1.82) is 0 Å². The minimum absolute atomic E-state index is 0.199. The molecule has 6 nitrogen and oxygen atoms in total. The van der Waals surface area contributed by atoms with E-state index in [1.165, 1.54) is 6.33 Å². The Labute approximate surface area is 80.3 Å². The molecule has 8 heteroatoms. The van der Waals surface area contributed by atoms with Crippen LogP contribution in [0.1, 0.15) is 17.5 Å². The maximum Gasteiger partial charge on any atom is 0.325 e. The van der Waals surface area contributed by atoms with E-state index >= 15 is 0 Å². The summed E-state index contributed by atoms with van der Waals surface area (Å²) < 4.78 is 10.5. The van der Waals surface area contributed by atoms with Crippen LogP contribution in [0.15, 0.2) is 6.33 Å². The summed E-state index contributed by atoms with van der Waals surface area (Å²) in [5, 5.41) is 5.92. The van der Waals surface area contributed by atoms with Gasteiger partial charge in [0.25, 0.3) is 0 Å². The second-order valence-corrected chi connectivity index (χ2v) is 4.95. The van der Waals surface area contributed by atoms with E-state index in [0.717, 1.165) is 0 Å². The topological polar surface area (TPSA) is 99.1 Å². The fourth-order valence-electron chi connectivity index (χ4n) is 0.799. The molecule has 0 aromatic carbocycles. The molecule has 0 radical (unpaired) electrons. The molecule has 0 fully saturated rings. The molecule has 1 unspecified atom stereocenters. The molecule has 1 aromatic rings.